The summed E-state index contributed by atoms with van der Waals surface area (Å²) >= 11 is 0. The number of fused-ring (bicyclic) bond motifs is 1. The first-order valence-corrected chi connectivity index (χ1v) is 14.2. The van der Waals surface area contributed by atoms with Gasteiger partial charge in [-0.2, -0.15) is 4.31 Å². The zero-order chi connectivity index (χ0) is 29.1. The summed E-state index contributed by atoms with van der Waals surface area (Å²) in [7, 11) is -2.91. The second-order valence-electron chi connectivity index (χ2n) is 9.50. The van der Waals surface area contributed by atoms with Gasteiger partial charge in [0.25, 0.3) is 15.9 Å². The Morgan fingerprint density at radius 2 is 1.22 bits per heavy atom. The van der Waals surface area contributed by atoms with Gasteiger partial charge in [-0.3, -0.25) is 4.79 Å². The molecule has 0 atom stereocenters. The van der Waals surface area contributed by atoms with Crippen LogP contribution in [-0.4, -0.2) is 27.4 Å². The van der Waals surface area contributed by atoms with Gasteiger partial charge in [0.2, 0.25) is 0 Å². The predicted molar refractivity (Wildman–Crippen MR) is 158 cm³/mol. The minimum atomic E-state index is -4.39. The van der Waals surface area contributed by atoms with E-state index in [-0.39, 0.29) is 21.9 Å². The Kier molecular flexibility index (Phi) is 7.59. The third kappa shape index (κ3) is 5.55. The number of amides is 1. The maximum Gasteiger partial charge on any atom is 0.343 e. The highest BCUT2D eigenvalue weighted by Gasteiger charge is 2.33. The van der Waals surface area contributed by atoms with E-state index in [1.165, 1.54) is 43.5 Å². The van der Waals surface area contributed by atoms with E-state index in [1.54, 1.807) is 60.7 Å². The number of benzene rings is 5. The topological polar surface area (TPSA) is 90.0 Å². The van der Waals surface area contributed by atoms with Crippen molar-refractivity contribution in [3.8, 4) is 11.5 Å². The molecule has 0 aliphatic rings. The summed E-state index contributed by atoms with van der Waals surface area (Å²) in [5, 5.41) is 0.886. The van der Waals surface area contributed by atoms with Crippen molar-refractivity contribution in [2.75, 3.05) is 11.4 Å². The van der Waals surface area contributed by atoms with Gasteiger partial charge in [0.1, 0.15) is 11.5 Å². The Labute approximate surface area is 238 Å². The molecule has 41 heavy (non-hydrogen) atoms. The monoisotopic (exact) mass is 565 g/mol. The van der Waals surface area contributed by atoms with Crippen molar-refractivity contribution in [1.29, 1.82) is 0 Å². The molecule has 0 aliphatic carbocycles. The van der Waals surface area contributed by atoms with Crippen molar-refractivity contribution >= 4 is 38.4 Å². The fraction of sp³-hybridized carbons (Fsp3) is 0.0909. The quantitative estimate of drug-likeness (QED) is 0.161. The predicted octanol–water partition coefficient (Wildman–Crippen LogP) is 6.72. The van der Waals surface area contributed by atoms with Crippen LogP contribution in [0.2, 0.25) is 0 Å². The van der Waals surface area contributed by atoms with Gasteiger partial charge in [0.05, 0.1) is 23.3 Å². The molecule has 0 bridgehead atoms. The molecule has 0 aliphatic heterocycles. The highest BCUT2D eigenvalue weighted by molar-refractivity contribution is 7.93. The number of hydrogen-bond donors (Lipinski definition) is 0. The zero-order valence-electron chi connectivity index (χ0n) is 22.7. The third-order valence-corrected chi connectivity index (χ3v) is 8.36. The van der Waals surface area contributed by atoms with E-state index >= 15 is 0 Å². The SMILES string of the molecule is COc1ccc(S(=O)(=O)N(C(=O)c2ccc(C)cc2)c2ccc(OC(=O)c3ccc(C)cc3)c3ccccc23)cc1. The maximum absolute atomic E-state index is 14.1. The number of aryl methyl sites for hydroxylation is 2. The van der Waals surface area contributed by atoms with Crippen LogP contribution in [0.15, 0.2) is 114 Å². The molecule has 0 unspecified atom stereocenters. The van der Waals surface area contributed by atoms with Crippen molar-refractivity contribution in [3.63, 3.8) is 0 Å². The largest absolute Gasteiger partial charge is 0.497 e. The van der Waals surface area contributed by atoms with Crippen LogP contribution in [0, 0.1) is 13.8 Å². The lowest BCUT2D eigenvalue weighted by molar-refractivity contribution is 0.0736. The molecule has 206 valence electrons. The van der Waals surface area contributed by atoms with Crippen LogP contribution in [0.5, 0.6) is 11.5 Å². The summed E-state index contributed by atoms with van der Waals surface area (Å²) in [5.74, 6) is -0.568. The normalized spacial score (nSPS) is 11.2. The number of nitrogens with zero attached hydrogens (tertiary/aromatic N) is 1. The van der Waals surface area contributed by atoms with Crippen molar-refractivity contribution < 1.29 is 27.5 Å². The van der Waals surface area contributed by atoms with Crippen molar-refractivity contribution in [2.45, 2.75) is 18.7 Å². The molecule has 0 saturated heterocycles. The number of carbonyl (C=O) groups excluding carboxylic acids is 2. The summed E-state index contributed by atoms with van der Waals surface area (Å²) in [6.45, 7) is 3.80. The number of hydrogen-bond acceptors (Lipinski definition) is 6. The Morgan fingerprint density at radius 1 is 0.659 bits per heavy atom. The van der Waals surface area contributed by atoms with Crippen molar-refractivity contribution in [3.05, 3.63) is 131 Å². The van der Waals surface area contributed by atoms with Crippen LogP contribution in [0.3, 0.4) is 0 Å². The van der Waals surface area contributed by atoms with Gasteiger partial charge in [-0.25, -0.2) is 13.2 Å². The van der Waals surface area contributed by atoms with Crippen LogP contribution in [0.4, 0.5) is 5.69 Å². The molecule has 1 amide bonds. The second kappa shape index (κ2) is 11.3. The lowest BCUT2D eigenvalue weighted by Crippen LogP contribution is -2.37. The average molecular weight is 566 g/mol. The minimum absolute atomic E-state index is 0.0854. The zero-order valence-corrected chi connectivity index (χ0v) is 23.5. The molecular weight excluding hydrogens is 538 g/mol. The average Bonchev–Trinajstić information content (AvgIpc) is 2.99. The number of rotatable bonds is 7. The van der Waals surface area contributed by atoms with Gasteiger partial charge < -0.3 is 9.47 Å². The first kappa shape index (κ1) is 27.6. The summed E-state index contributed by atoms with van der Waals surface area (Å²) in [6.07, 6.45) is 0. The number of anilines is 1. The van der Waals surface area contributed by atoms with E-state index in [2.05, 4.69) is 0 Å². The Morgan fingerprint density at radius 3 is 1.80 bits per heavy atom. The molecule has 5 aromatic carbocycles. The first-order valence-electron chi connectivity index (χ1n) is 12.8. The lowest BCUT2D eigenvalue weighted by atomic mass is 10.1. The molecule has 0 N–H and O–H groups in total. The van der Waals surface area contributed by atoms with Gasteiger partial charge in [-0.1, -0.05) is 59.7 Å². The van der Waals surface area contributed by atoms with Gasteiger partial charge in [-0.15, -0.1) is 0 Å². The highest BCUT2D eigenvalue weighted by atomic mass is 32.2. The smallest absolute Gasteiger partial charge is 0.343 e. The Hall–Kier alpha value is -4.95. The standard InChI is InChI=1S/C33H27NO6S/c1-22-8-12-24(13-9-22)32(35)34(41(37,38)27-18-16-26(39-3)17-19-27)30-20-21-31(29-7-5-4-6-28(29)30)40-33(36)25-14-10-23(2)11-15-25/h4-21H,1-3H3. The van der Waals surface area contributed by atoms with Crippen molar-refractivity contribution in [2.24, 2.45) is 0 Å². The van der Waals surface area contributed by atoms with Gasteiger partial charge >= 0.3 is 5.97 Å². The summed E-state index contributed by atoms with van der Waals surface area (Å²) in [4.78, 5) is 26.8. The molecule has 0 heterocycles. The molecule has 0 fully saturated rings. The molecule has 0 spiro atoms. The van der Waals surface area contributed by atoms with E-state index in [0.29, 0.717) is 22.1 Å². The summed E-state index contributed by atoms with van der Waals surface area (Å²) in [5.41, 5.74) is 2.63. The summed E-state index contributed by atoms with van der Waals surface area (Å²) < 4.78 is 39.9. The van der Waals surface area contributed by atoms with Gasteiger partial charge in [0, 0.05) is 16.3 Å². The number of ether oxygens (including phenoxy) is 2. The fourth-order valence-electron chi connectivity index (χ4n) is 4.38. The molecule has 0 saturated carbocycles. The van der Waals surface area contributed by atoms with Gasteiger partial charge in [-0.05, 0) is 74.5 Å². The Balaban J connectivity index is 1.65. The molecule has 0 radical (unpaired) electrons. The molecule has 0 aromatic heterocycles. The molecule has 5 rings (SSSR count). The van der Waals surface area contributed by atoms with E-state index in [9.17, 15) is 18.0 Å². The van der Waals surface area contributed by atoms with Crippen molar-refractivity contribution in [1.82, 2.24) is 0 Å². The van der Waals surface area contributed by atoms with E-state index in [0.717, 1.165) is 15.4 Å². The molecule has 5 aromatic rings. The minimum Gasteiger partial charge on any atom is -0.497 e. The second-order valence-corrected chi connectivity index (χ2v) is 11.3. The highest BCUT2D eigenvalue weighted by Crippen LogP contribution is 2.37. The molecular formula is C33H27NO6S. The number of sulfonamides is 1. The van der Waals surface area contributed by atoms with Crippen LogP contribution < -0.4 is 13.8 Å². The summed E-state index contributed by atoms with van der Waals surface area (Å²) in [6, 6.07) is 29.4. The third-order valence-electron chi connectivity index (χ3n) is 6.65. The van der Waals surface area contributed by atoms with E-state index in [1.807, 2.05) is 26.0 Å². The first-order chi connectivity index (χ1) is 19.7. The molecule has 8 heteroatoms. The maximum atomic E-state index is 14.1. The lowest BCUT2D eigenvalue weighted by Gasteiger charge is -2.25. The fourth-order valence-corrected chi connectivity index (χ4v) is 5.82. The van der Waals surface area contributed by atoms with E-state index < -0.39 is 21.9 Å². The number of esters is 1. The Bertz CT molecular complexity index is 1850. The van der Waals surface area contributed by atoms with Gasteiger partial charge in [0.15, 0.2) is 0 Å². The number of carbonyl (C=O) groups is 2. The van der Waals surface area contributed by atoms with E-state index in [4.69, 9.17) is 9.47 Å². The van der Waals surface area contributed by atoms with Crippen LogP contribution in [-0.2, 0) is 10.0 Å². The number of methoxy groups -OCH3 is 1. The van der Waals surface area contributed by atoms with Crippen LogP contribution in [0.1, 0.15) is 31.8 Å². The van der Waals surface area contributed by atoms with Crippen LogP contribution in [0.25, 0.3) is 10.8 Å². The molecule has 7 nitrogen and oxygen atoms in total. The van der Waals surface area contributed by atoms with Crippen LogP contribution >= 0.6 is 0 Å².